The number of hydrogen-bond donors (Lipinski definition) is 2. The van der Waals surface area contributed by atoms with Crippen molar-refractivity contribution in [1.82, 2.24) is 5.43 Å². The molecule has 106 valence electrons. The summed E-state index contributed by atoms with van der Waals surface area (Å²) >= 11 is 0. The van der Waals surface area contributed by atoms with Gasteiger partial charge in [-0.3, -0.25) is 11.3 Å². The van der Waals surface area contributed by atoms with Crippen molar-refractivity contribution in [2.75, 3.05) is 0 Å². The molecule has 2 nitrogen and oxygen atoms in total. The topological polar surface area (TPSA) is 38.0 Å². The molecule has 0 amide bonds. The van der Waals surface area contributed by atoms with Gasteiger partial charge in [0.2, 0.25) is 0 Å². The highest BCUT2D eigenvalue weighted by atomic mass is 15.2. The average Bonchev–Trinajstić information content (AvgIpc) is 2.45. The van der Waals surface area contributed by atoms with E-state index in [0.717, 1.165) is 6.42 Å². The lowest BCUT2D eigenvalue weighted by molar-refractivity contribution is 0.549. The highest BCUT2D eigenvalue weighted by Gasteiger charge is 2.15. The molecule has 0 radical (unpaired) electrons. The first kappa shape index (κ1) is 14.8. The minimum Gasteiger partial charge on any atom is -0.271 e. The van der Waals surface area contributed by atoms with Gasteiger partial charge < -0.3 is 0 Å². The van der Waals surface area contributed by atoms with Gasteiger partial charge in [-0.2, -0.15) is 0 Å². The molecule has 2 rings (SSSR count). The molecule has 2 aromatic rings. The van der Waals surface area contributed by atoms with Gasteiger partial charge in [-0.1, -0.05) is 75.4 Å². The number of rotatable bonds is 4. The fraction of sp³-hybridized carbons (Fsp3) is 0.333. The van der Waals surface area contributed by atoms with E-state index in [1.807, 2.05) is 6.07 Å². The standard InChI is InChI=1S/C18H24N2/c1-18(2,3)16-11-9-15(10-12-16)17(20-19)13-14-7-5-4-6-8-14/h4-12,17,20H,13,19H2,1-3H3. The lowest BCUT2D eigenvalue weighted by Gasteiger charge is -2.21. The van der Waals surface area contributed by atoms with Crippen LogP contribution in [0.15, 0.2) is 54.6 Å². The van der Waals surface area contributed by atoms with Gasteiger partial charge >= 0.3 is 0 Å². The SMILES string of the molecule is CC(C)(C)c1ccc(C(Cc2ccccc2)NN)cc1. The molecule has 0 fully saturated rings. The molecule has 0 spiro atoms. The predicted octanol–water partition coefficient (Wildman–Crippen LogP) is 3.73. The number of hydrazine groups is 1. The van der Waals surface area contributed by atoms with Gasteiger partial charge in [0, 0.05) is 6.04 Å². The monoisotopic (exact) mass is 268 g/mol. The number of hydrogen-bond acceptors (Lipinski definition) is 2. The van der Waals surface area contributed by atoms with Crippen molar-refractivity contribution >= 4 is 0 Å². The zero-order valence-corrected chi connectivity index (χ0v) is 12.6. The molecule has 0 aliphatic rings. The van der Waals surface area contributed by atoms with E-state index in [2.05, 4.69) is 74.7 Å². The maximum Gasteiger partial charge on any atom is 0.0500 e. The maximum atomic E-state index is 5.73. The van der Waals surface area contributed by atoms with Crippen molar-refractivity contribution in [1.29, 1.82) is 0 Å². The summed E-state index contributed by atoms with van der Waals surface area (Å²) < 4.78 is 0. The second kappa shape index (κ2) is 6.21. The van der Waals surface area contributed by atoms with Crippen LogP contribution in [0.4, 0.5) is 0 Å². The highest BCUT2D eigenvalue weighted by Crippen LogP contribution is 2.25. The third kappa shape index (κ3) is 3.69. The second-order valence-corrected chi connectivity index (χ2v) is 6.28. The van der Waals surface area contributed by atoms with Crippen LogP contribution in [-0.2, 0) is 11.8 Å². The van der Waals surface area contributed by atoms with Crippen LogP contribution in [0.25, 0.3) is 0 Å². The van der Waals surface area contributed by atoms with Gasteiger partial charge in [-0.15, -0.1) is 0 Å². The molecule has 0 bridgehead atoms. The van der Waals surface area contributed by atoms with Gasteiger partial charge in [0.1, 0.15) is 0 Å². The van der Waals surface area contributed by atoms with Crippen LogP contribution < -0.4 is 11.3 Å². The van der Waals surface area contributed by atoms with Gasteiger partial charge in [0.05, 0.1) is 0 Å². The van der Waals surface area contributed by atoms with Gasteiger partial charge in [0.25, 0.3) is 0 Å². The van der Waals surface area contributed by atoms with Gasteiger partial charge in [-0.25, -0.2) is 0 Å². The Hall–Kier alpha value is -1.64. The summed E-state index contributed by atoms with van der Waals surface area (Å²) in [6, 6.07) is 19.3. The fourth-order valence-corrected chi connectivity index (χ4v) is 2.34. The van der Waals surface area contributed by atoms with Crippen molar-refractivity contribution in [2.24, 2.45) is 5.84 Å². The zero-order valence-electron chi connectivity index (χ0n) is 12.6. The van der Waals surface area contributed by atoms with Crippen LogP contribution in [0.3, 0.4) is 0 Å². The van der Waals surface area contributed by atoms with Gasteiger partial charge in [0.15, 0.2) is 0 Å². The quantitative estimate of drug-likeness (QED) is 0.655. The predicted molar refractivity (Wildman–Crippen MR) is 85.4 cm³/mol. The number of nitrogens with one attached hydrogen (secondary N) is 1. The van der Waals surface area contributed by atoms with Crippen LogP contribution in [0.5, 0.6) is 0 Å². The Labute approximate surface area is 122 Å². The van der Waals surface area contributed by atoms with E-state index >= 15 is 0 Å². The first-order valence-electron chi connectivity index (χ1n) is 7.11. The maximum absolute atomic E-state index is 5.73. The lowest BCUT2D eigenvalue weighted by atomic mass is 9.86. The van der Waals surface area contributed by atoms with Crippen LogP contribution in [-0.4, -0.2) is 0 Å². The summed E-state index contributed by atoms with van der Waals surface area (Å²) in [6.45, 7) is 6.68. The Kier molecular flexibility index (Phi) is 4.58. The molecule has 2 aromatic carbocycles. The summed E-state index contributed by atoms with van der Waals surface area (Å²) in [6.07, 6.45) is 0.895. The van der Waals surface area contributed by atoms with E-state index in [1.54, 1.807) is 0 Å². The Bertz CT molecular complexity index is 524. The van der Waals surface area contributed by atoms with Crippen LogP contribution in [0.2, 0.25) is 0 Å². The van der Waals surface area contributed by atoms with E-state index in [0.29, 0.717) is 0 Å². The van der Waals surface area contributed by atoms with Crippen molar-refractivity contribution in [3.05, 3.63) is 71.3 Å². The molecule has 0 aromatic heterocycles. The first-order valence-corrected chi connectivity index (χ1v) is 7.11. The average molecular weight is 268 g/mol. The van der Waals surface area contributed by atoms with Crippen molar-refractivity contribution < 1.29 is 0 Å². The lowest BCUT2D eigenvalue weighted by Crippen LogP contribution is -2.29. The summed E-state index contributed by atoms with van der Waals surface area (Å²) in [5.41, 5.74) is 6.97. The summed E-state index contributed by atoms with van der Waals surface area (Å²) in [5, 5.41) is 0. The molecule has 1 unspecified atom stereocenters. The molecule has 1 atom stereocenters. The minimum absolute atomic E-state index is 0.145. The van der Waals surface area contributed by atoms with E-state index < -0.39 is 0 Å². The van der Waals surface area contributed by atoms with E-state index in [4.69, 9.17) is 5.84 Å². The smallest absolute Gasteiger partial charge is 0.0500 e. The second-order valence-electron chi connectivity index (χ2n) is 6.28. The summed E-state index contributed by atoms with van der Waals surface area (Å²) in [7, 11) is 0. The molecule has 0 heterocycles. The van der Waals surface area contributed by atoms with Crippen molar-refractivity contribution in [3.63, 3.8) is 0 Å². The molecule has 0 saturated heterocycles. The molecule has 3 N–H and O–H groups in total. The normalized spacial score (nSPS) is 13.2. The molecule has 20 heavy (non-hydrogen) atoms. The Morgan fingerprint density at radius 1 is 0.950 bits per heavy atom. The molecular formula is C18H24N2. The summed E-state index contributed by atoms with van der Waals surface area (Å²) in [4.78, 5) is 0. The van der Waals surface area contributed by atoms with Crippen molar-refractivity contribution in [2.45, 2.75) is 38.6 Å². The van der Waals surface area contributed by atoms with E-state index in [9.17, 15) is 0 Å². The molecule has 0 aliphatic heterocycles. The largest absolute Gasteiger partial charge is 0.271 e. The van der Waals surface area contributed by atoms with E-state index in [1.165, 1.54) is 16.7 Å². The van der Waals surface area contributed by atoms with E-state index in [-0.39, 0.29) is 11.5 Å². The molecule has 0 aliphatic carbocycles. The highest BCUT2D eigenvalue weighted by molar-refractivity contribution is 5.30. The Morgan fingerprint density at radius 3 is 2.05 bits per heavy atom. The zero-order chi connectivity index (χ0) is 14.6. The number of benzene rings is 2. The summed E-state index contributed by atoms with van der Waals surface area (Å²) in [5.74, 6) is 5.73. The Morgan fingerprint density at radius 2 is 1.55 bits per heavy atom. The molecule has 2 heteroatoms. The third-order valence-corrected chi connectivity index (χ3v) is 3.66. The Balaban J connectivity index is 2.16. The molecule has 0 saturated carbocycles. The minimum atomic E-state index is 0.145. The number of nitrogens with two attached hydrogens (primary N) is 1. The van der Waals surface area contributed by atoms with Crippen LogP contribution in [0.1, 0.15) is 43.5 Å². The van der Waals surface area contributed by atoms with Crippen molar-refractivity contribution in [3.8, 4) is 0 Å². The van der Waals surface area contributed by atoms with Gasteiger partial charge in [-0.05, 0) is 28.5 Å². The third-order valence-electron chi connectivity index (χ3n) is 3.66. The first-order chi connectivity index (χ1) is 9.50. The van der Waals surface area contributed by atoms with Crippen LogP contribution >= 0.6 is 0 Å². The molecular weight excluding hydrogens is 244 g/mol. The fourth-order valence-electron chi connectivity index (χ4n) is 2.34. The van der Waals surface area contributed by atoms with Crippen LogP contribution in [0, 0.1) is 0 Å².